The zero-order chi connectivity index (χ0) is 12.3. The highest BCUT2D eigenvalue weighted by Gasteiger charge is 2.34. The van der Waals surface area contributed by atoms with E-state index >= 15 is 0 Å². The predicted octanol–water partition coefficient (Wildman–Crippen LogP) is 3.13. The smallest absolute Gasteiger partial charge is 0.0992 e. The molecule has 0 aromatic heterocycles. The van der Waals surface area contributed by atoms with Crippen LogP contribution in [0.4, 0.5) is 11.4 Å². The standard InChI is InChI=1S/C14H19N3/c1-2-14(6-3-7-14)10-17-13-5-4-11(9-15)8-12(13)16/h4-5,8,17H,2-3,6-7,10,16H2,1H3. The number of rotatable bonds is 4. The van der Waals surface area contributed by atoms with Crippen LogP contribution in [0.3, 0.4) is 0 Å². The van der Waals surface area contributed by atoms with Crippen molar-refractivity contribution in [3.63, 3.8) is 0 Å². The Morgan fingerprint density at radius 1 is 1.47 bits per heavy atom. The predicted molar refractivity (Wildman–Crippen MR) is 70.6 cm³/mol. The van der Waals surface area contributed by atoms with Gasteiger partial charge in [-0.3, -0.25) is 0 Å². The number of hydrogen-bond acceptors (Lipinski definition) is 3. The number of nitrogen functional groups attached to an aromatic ring is 1. The number of nitriles is 1. The highest BCUT2D eigenvalue weighted by Crippen LogP contribution is 2.43. The second kappa shape index (κ2) is 4.67. The normalized spacial score (nSPS) is 16.9. The number of nitrogens with two attached hydrogens (primary N) is 1. The molecule has 0 amide bonds. The summed E-state index contributed by atoms with van der Waals surface area (Å²) in [6, 6.07) is 7.52. The first kappa shape index (κ1) is 11.8. The Labute approximate surface area is 103 Å². The van der Waals surface area contributed by atoms with Crippen molar-refractivity contribution >= 4 is 11.4 Å². The Bertz CT molecular complexity index is 436. The van der Waals surface area contributed by atoms with Crippen LogP contribution in [0.5, 0.6) is 0 Å². The van der Waals surface area contributed by atoms with E-state index in [1.54, 1.807) is 12.1 Å². The molecule has 17 heavy (non-hydrogen) atoms. The third kappa shape index (κ3) is 2.36. The summed E-state index contributed by atoms with van der Waals surface area (Å²) in [6.07, 6.45) is 5.19. The van der Waals surface area contributed by atoms with Gasteiger partial charge in [0.2, 0.25) is 0 Å². The lowest BCUT2D eigenvalue weighted by atomic mass is 9.67. The second-order valence-electron chi connectivity index (χ2n) is 4.97. The van der Waals surface area contributed by atoms with Gasteiger partial charge >= 0.3 is 0 Å². The summed E-state index contributed by atoms with van der Waals surface area (Å²) in [5, 5.41) is 12.2. The quantitative estimate of drug-likeness (QED) is 0.780. The summed E-state index contributed by atoms with van der Waals surface area (Å²) in [5.41, 5.74) is 8.61. The molecule has 1 aromatic rings. The van der Waals surface area contributed by atoms with Gasteiger partial charge in [-0.05, 0) is 42.9 Å². The molecule has 3 nitrogen and oxygen atoms in total. The van der Waals surface area contributed by atoms with Gasteiger partial charge in [-0.2, -0.15) is 5.26 Å². The summed E-state index contributed by atoms with van der Waals surface area (Å²) < 4.78 is 0. The van der Waals surface area contributed by atoms with Gasteiger partial charge in [0.05, 0.1) is 23.0 Å². The summed E-state index contributed by atoms with van der Waals surface area (Å²) in [7, 11) is 0. The molecule has 1 aromatic carbocycles. The van der Waals surface area contributed by atoms with Crippen molar-refractivity contribution in [2.45, 2.75) is 32.6 Å². The minimum Gasteiger partial charge on any atom is -0.397 e. The average molecular weight is 229 g/mol. The van der Waals surface area contributed by atoms with Crippen LogP contribution in [-0.4, -0.2) is 6.54 Å². The van der Waals surface area contributed by atoms with Gasteiger partial charge in [-0.15, -0.1) is 0 Å². The Hall–Kier alpha value is -1.69. The lowest BCUT2D eigenvalue weighted by Crippen LogP contribution is -2.35. The molecule has 0 bridgehead atoms. The average Bonchev–Trinajstić information content (AvgIpc) is 2.30. The van der Waals surface area contributed by atoms with Crippen LogP contribution in [0.25, 0.3) is 0 Å². The van der Waals surface area contributed by atoms with Crippen LogP contribution in [0.1, 0.15) is 38.2 Å². The van der Waals surface area contributed by atoms with E-state index in [2.05, 4.69) is 18.3 Å². The van der Waals surface area contributed by atoms with Crippen molar-refractivity contribution in [3.8, 4) is 6.07 Å². The molecule has 1 aliphatic carbocycles. The maximum absolute atomic E-state index is 8.77. The number of anilines is 2. The molecule has 0 saturated heterocycles. The fraction of sp³-hybridized carbons (Fsp3) is 0.500. The molecular formula is C14H19N3. The van der Waals surface area contributed by atoms with Gasteiger partial charge in [0.1, 0.15) is 0 Å². The van der Waals surface area contributed by atoms with Crippen LogP contribution < -0.4 is 11.1 Å². The lowest BCUT2D eigenvalue weighted by Gasteiger charge is -2.41. The van der Waals surface area contributed by atoms with Crippen molar-refractivity contribution < 1.29 is 0 Å². The van der Waals surface area contributed by atoms with E-state index in [1.165, 1.54) is 25.7 Å². The highest BCUT2D eigenvalue weighted by molar-refractivity contribution is 5.68. The minimum absolute atomic E-state index is 0.473. The zero-order valence-electron chi connectivity index (χ0n) is 10.3. The van der Waals surface area contributed by atoms with Gasteiger partial charge in [0.15, 0.2) is 0 Å². The number of nitrogens with one attached hydrogen (secondary N) is 1. The van der Waals surface area contributed by atoms with E-state index in [-0.39, 0.29) is 0 Å². The van der Waals surface area contributed by atoms with Crippen molar-refractivity contribution in [2.75, 3.05) is 17.6 Å². The molecule has 0 atom stereocenters. The van der Waals surface area contributed by atoms with E-state index in [0.717, 1.165) is 12.2 Å². The monoisotopic (exact) mass is 229 g/mol. The highest BCUT2D eigenvalue weighted by atomic mass is 14.9. The molecule has 0 radical (unpaired) electrons. The molecule has 1 saturated carbocycles. The third-order valence-corrected chi connectivity index (χ3v) is 4.00. The molecular weight excluding hydrogens is 210 g/mol. The molecule has 3 N–H and O–H groups in total. The molecule has 0 spiro atoms. The first-order valence-corrected chi connectivity index (χ1v) is 6.23. The molecule has 3 heteroatoms. The molecule has 1 aliphatic rings. The van der Waals surface area contributed by atoms with Crippen molar-refractivity contribution in [3.05, 3.63) is 23.8 Å². The number of benzene rings is 1. The maximum atomic E-state index is 8.77. The maximum Gasteiger partial charge on any atom is 0.0992 e. The number of hydrogen-bond donors (Lipinski definition) is 2. The zero-order valence-corrected chi connectivity index (χ0v) is 10.3. The fourth-order valence-electron chi connectivity index (χ4n) is 2.41. The van der Waals surface area contributed by atoms with Gasteiger partial charge in [-0.25, -0.2) is 0 Å². The van der Waals surface area contributed by atoms with Crippen molar-refractivity contribution in [1.82, 2.24) is 0 Å². The molecule has 1 fully saturated rings. The van der Waals surface area contributed by atoms with Crippen LogP contribution in [0.15, 0.2) is 18.2 Å². The lowest BCUT2D eigenvalue weighted by molar-refractivity contribution is 0.145. The molecule has 0 aliphatic heterocycles. The van der Waals surface area contributed by atoms with Gasteiger partial charge in [0, 0.05) is 6.54 Å². The molecule has 2 rings (SSSR count). The third-order valence-electron chi connectivity index (χ3n) is 4.00. The van der Waals surface area contributed by atoms with Crippen molar-refractivity contribution in [2.24, 2.45) is 5.41 Å². The summed E-state index contributed by atoms with van der Waals surface area (Å²) >= 11 is 0. The van der Waals surface area contributed by atoms with E-state index in [0.29, 0.717) is 16.7 Å². The van der Waals surface area contributed by atoms with Gasteiger partial charge in [0.25, 0.3) is 0 Å². The minimum atomic E-state index is 0.473. The Kier molecular flexibility index (Phi) is 3.23. The van der Waals surface area contributed by atoms with E-state index in [1.807, 2.05) is 6.07 Å². The fourth-order valence-corrected chi connectivity index (χ4v) is 2.41. The van der Waals surface area contributed by atoms with E-state index < -0.39 is 0 Å². The molecule has 0 heterocycles. The second-order valence-corrected chi connectivity index (χ2v) is 4.97. The largest absolute Gasteiger partial charge is 0.397 e. The Morgan fingerprint density at radius 2 is 2.24 bits per heavy atom. The first-order valence-electron chi connectivity index (χ1n) is 6.23. The summed E-state index contributed by atoms with van der Waals surface area (Å²) in [6.45, 7) is 3.24. The Morgan fingerprint density at radius 3 is 2.71 bits per heavy atom. The summed E-state index contributed by atoms with van der Waals surface area (Å²) in [5.74, 6) is 0. The van der Waals surface area contributed by atoms with Crippen molar-refractivity contribution in [1.29, 1.82) is 5.26 Å². The van der Waals surface area contributed by atoms with E-state index in [4.69, 9.17) is 11.0 Å². The SMILES string of the molecule is CCC1(CNc2ccc(C#N)cc2N)CCC1. The van der Waals surface area contributed by atoms with Gasteiger partial charge < -0.3 is 11.1 Å². The van der Waals surface area contributed by atoms with Crippen LogP contribution in [0, 0.1) is 16.7 Å². The van der Waals surface area contributed by atoms with Crippen LogP contribution >= 0.6 is 0 Å². The van der Waals surface area contributed by atoms with Gasteiger partial charge in [-0.1, -0.05) is 13.3 Å². The van der Waals surface area contributed by atoms with Crippen LogP contribution in [-0.2, 0) is 0 Å². The number of nitrogens with zero attached hydrogens (tertiary/aromatic N) is 1. The summed E-state index contributed by atoms with van der Waals surface area (Å²) in [4.78, 5) is 0. The van der Waals surface area contributed by atoms with Crippen LogP contribution in [0.2, 0.25) is 0 Å². The molecule has 90 valence electrons. The first-order chi connectivity index (χ1) is 8.19. The van der Waals surface area contributed by atoms with E-state index in [9.17, 15) is 0 Å². The topological polar surface area (TPSA) is 61.8 Å². The molecule has 0 unspecified atom stereocenters. The Balaban J connectivity index is 2.02.